The van der Waals surface area contributed by atoms with Crippen molar-refractivity contribution in [3.8, 4) is 46.3 Å². The molecule has 0 aliphatic rings. The van der Waals surface area contributed by atoms with Crippen molar-refractivity contribution in [1.29, 1.82) is 0 Å². The maximum Gasteiger partial charge on any atom is 0.241 e. The summed E-state index contributed by atoms with van der Waals surface area (Å²) in [6.07, 6.45) is 0. The third-order valence-electron chi connectivity index (χ3n) is 28.7. The van der Waals surface area contributed by atoms with E-state index in [0.717, 1.165) is 197 Å². The molecule has 0 fully saturated rings. The van der Waals surface area contributed by atoms with Crippen LogP contribution in [-0.4, -0.2) is 111 Å². The Morgan fingerprint density at radius 3 is 0.779 bits per heavy atom. The van der Waals surface area contributed by atoms with E-state index in [1.165, 1.54) is 0 Å². The van der Waals surface area contributed by atoms with Crippen LogP contribution in [0.25, 0.3) is 201 Å². The molecule has 0 bridgehead atoms. The second-order valence-corrected chi connectivity index (χ2v) is 43.4. The van der Waals surface area contributed by atoms with E-state index in [1.54, 1.807) is 0 Å². The number of hydrogen-bond donors (Lipinski definition) is 0. The molecule has 0 amide bonds. The molecule has 0 radical (unpaired) electrons. The van der Waals surface area contributed by atoms with Gasteiger partial charge in [0.1, 0.15) is 10.9 Å². The van der Waals surface area contributed by atoms with Crippen molar-refractivity contribution in [3.05, 3.63) is 449 Å². The van der Waals surface area contributed by atoms with Crippen LogP contribution in [0, 0.1) is 0 Å². The topological polar surface area (TPSA) is 176 Å². The highest BCUT2D eigenvalue weighted by Crippen LogP contribution is 2.41. The van der Waals surface area contributed by atoms with Crippen molar-refractivity contribution in [2.24, 2.45) is 0 Å². The molecule has 22 heteroatoms. The molecule has 12 aromatic heterocycles. The molecule has 18 aromatic carbocycles. The van der Waals surface area contributed by atoms with Gasteiger partial charge >= 0.3 is 0 Å². The van der Waals surface area contributed by atoms with Gasteiger partial charge in [-0.05, 0) is 194 Å². The van der Waals surface area contributed by atoms with Crippen molar-refractivity contribution in [3.63, 3.8) is 0 Å². The predicted octanol–water partition coefficient (Wildman–Crippen LogP) is 19.7. The van der Waals surface area contributed by atoms with Crippen molar-refractivity contribution in [2.75, 3.05) is 0 Å². The van der Waals surface area contributed by atoms with Gasteiger partial charge in [-0.3, -0.25) is 35.9 Å². The number of hydrogen-bond acceptors (Lipinski definition) is 10. The quantitative estimate of drug-likeness (QED) is 0.0709. The van der Waals surface area contributed by atoms with Gasteiger partial charge in [-0.15, -0.1) is 0 Å². The van der Waals surface area contributed by atoms with Crippen LogP contribution in [-0.2, 0) is 0 Å². The van der Waals surface area contributed by atoms with E-state index >= 15 is 0 Å². The van der Waals surface area contributed by atoms with Crippen molar-refractivity contribution >= 4 is 213 Å². The van der Waals surface area contributed by atoms with Crippen molar-refractivity contribution < 1.29 is 0 Å². The normalized spacial score (nSPS) is 12.4. The lowest BCUT2D eigenvalue weighted by molar-refractivity contribution is 0.887. The largest absolute Gasteiger partial charge is 0.278 e. The molecule has 30 aromatic rings. The van der Waals surface area contributed by atoms with Crippen LogP contribution in [0.4, 0.5) is 0 Å². The van der Waals surface area contributed by atoms with E-state index in [2.05, 4.69) is 488 Å². The van der Waals surface area contributed by atoms with E-state index in [4.69, 9.17) is 49.8 Å². The van der Waals surface area contributed by atoms with Crippen molar-refractivity contribution in [2.45, 2.75) is 0 Å². The fourth-order valence-corrected chi connectivity index (χ4v) is 31.6. The molecule has 654 valence electrons. The fraction of sp³-hybridized carbons (Fsp3) is 0. The molecule has 0 aliphatic heterocycles. The molecule has 20 nitrogen and oxygen atoms in total. The van der Waals surface area contributed by atoms with E-state index in [-0.39, 0.29) is 0 Å². The summed E-state index contributed by atoms with van der Waals surface area (Å²) < 4.78 is 22.4. The minimum atomic E-state index is -3.84. The minimum absolute atomic E-state index is 0.379. The molecule has 140 heavy (non-hydrogen) atoms. The standard InChI is InChI=1S/C118H74N20Si2/c1-5-37-79(38-6-1)139(80-39-7-2-8-40-80,83-45-33-35-77(73-83)129-101-59-25-27-61-103(101)133-97-56-22-16-50-89(97)119-115(129)133)113-125-109(131-93-53-19-13-47-85(93)86-48-14-20-54-94(86)131)123-110(126-113)132-95-55-21-15-49-87(95)88-71-75(67-69-96(88)132)76-68-70-100-92(72-76)122-118-136(100)106-64-30-32-66-108(106)138(118)112-124-111(137-107-65-31-29-63-105(107)135-99-58-24-18-52-91(99)121-117(135)137)127-114(128-112)140(81-41-9-3-10-42-81,82-43-11-4-12-44-82)84-46-34-36-78(74-84)130-102-60-26-28-62-104(102)134-98-57-23-17-51-90(98)120-116(130)134/h1-74H. The van der Waals surface area contributed by atoms with E-state index in [0.29, 0.717) is 46.2 Å². The van der Waals surface area contributed by atoms with E-state index < -0.39 is 16.1 Å². The number of rotatable bonds is 15. The molecule has 0 atom stereocenters. The van der Waals surface area contributed by atoms with E-state index in [9.17, 15) is 0 Å². The Hall–Kier alpha value is -18.9. The third kappa shape index (κ3) is 11.0. The molecule has 0 N–H and O–H groups in total. The maximum absolute atomic E-state index is 6.13. The molecule has 0 unspecified atom stereocenters. The first-order chi connectivity index (χ1) is 69.4. The van der Waals surface area contributed by atoms with Crippen molar-refractivity contribution in [1.82, 2.24) is 94.8 Å². The summed E-state index contributed by atoms with van der Waals surface area (Å²) in [5.41, 5.74) is 24.1. The summed E-state index contributed by atoms with van der Waals surface area (Å²) in [5.74, 6) is 4.65. The lowest BCUT2D eigenvalue weighted by atomic mass is 10.0. The van der Waals surface area contributed by atoms with Crippen LogP contribution in [0.5, 0.6) is 0 Å². The van der Waals surface area contributed by atoms with Crippen LogP contribution in [0.2, 0.25) is 0 Å². The zero-order chi connectivity index (χ0) is 91.6. The minimum Gasteiger partial charge on any atom is -0.278 e. The Morgan fingerprint density at radius 2 is 0.407 bits per heavy atom. The highest BCUT2D eigenvalue weighted by atomic mass is 28.3. The number of benzene rings is 18. The third-order valence-corrected chi connectivity index (χ3v) is 37.6. The maximum atomic E-state index is 6.13. The second kappa shape index (κ2) is 29.8. The molecule has 0 saturated heterocycles. The van der Waals surface area contributed by atoms with Crippen LogP contribution < -0.4 is 42.0 Å². The van der Waals surface area contributed by atoms with Gasteiger partial charge in [0.25, 0.3) is 0 Å². The van der Waals surface area contributed by atoms with E-state index in [1.807, 2.05) is 6.07 Å². The lowest BCUT2D eigenvalue weighted by Crippen LogP contribution is -2.76. The number of imidazole rings is 8. The molecular formula is C118H74N20Si2. The Labute approximate surface area is 797 Å². The molecule has 0 saturated carbocycles. The highest BCUT2D eigenvalue weighted by molar-refractivity contribution is 7.20. The average molecular weight is 1830 g/mol. The summed E-state index contributed by atoms with van der Waals surface area (Å²) in [5, 5.41) is 10.7. The SMILES string of the molecule is c1ccc([Si](c2ccccc2)(c2cccc(-n3c4ccccc4n4c5ccccc5nc34)c2)c2nc(-n3c4ccccc4c4ccccc43)nc(-n3c4ccccc4c4cc(-c5ccc6c(c5)nc5n(-c7nc(-n8c9ccccc9n9c%10ccccc%10nc89)nc([Si](c8ccccc8)(c8ccccc8)c8cccc(-n9c%10ccccc%10n%10c%11ccccc%11nc9%10)c8)n7)c7ccccc7n65)ccc43)n2)cc1. The van der Waals surface area contributed by atoms with Crippen LogP contribution in [0.15, 0.2) is 449 Å². The number of fused-ring (bicyclic) bond motifs is 26. The first kappa shape index (κ1) is 77.5. The summed E-state index contributed by atoms with van der Waals surface area (Å²) in [6, 6.07) is 160. The molecule has 30 rings (SSSR count). The Bertz CT molecular complexity index is 10300. The zero-order valence-electron chi connectivity index (χ0n) is 74.7. The summed E-state index contributed by atoms with van der Waals surface area (Å²) in [7, 11) is -7.60. The molecule has 0 spiro atoms. The summed E-state index contributed by atoms with van der Waals surface area (Å²) in [4.78, 5) is 58.2. The molecule has 0 aliphatic carbocycles. The first-order valence-electron chi connectivity index (χ1n) is 47.0. The predicted molar refractivity (Wildman–Crippen MR) is 567 cm³/mol. The number of aromatic nitrogens is 20. The van der Waals surface area contributed by atoms with Gasteiger partial charge in [0.2, 0.25) is 63.1 Å². The first-order valence-corrected chi connectivity index (χ1v) is 51.0. The van der Waals surface area contributed by atoms with Gasteiger partial charge < -0.3 is 0 Å². The second-order valence-electron chi connectivity index (χ2n) is 36.0. The lowest BCUT2D eigenvalue weighted by Gasteiger charge is -2.32. The average Bonchev–Trinajstić information content (AvgIpc) is 1.42. The zero-order valence-corrected chi connectivity index (χ0v) is 76.7. The van der Waals surface area contributed by atoms with Gasteiger partial charge in [0.15, 0.2) is 0 Å². The van der Waals surface area contributed by atoms with Crippen LogP contribution in [0.3, 0.4) is 0 Å². The monoisotopic (exact) mass is 1830 g/mol. The number of nitrogens with zero attached hydrogens (tertiary/aromatic N) is 20. The van der Waals surface area contributed by atoms with Crippen LogP contribution >= 0.6 is 0 Å². The van der Waals surface area contributed by atoms with Gasteiger partial charge in [0, 0.05) is 32.9 Å². The Morgan fingerprint density at radius 1 is 0.150 bits per heavy atom. The van der Waals surface area contributed by atoms with Gasteiger partial charge in [-0.25, -0.2) is 49.0 Å². The highest BCUT2D eigenvalue weighted by Gasteiger charge is 2.49. The summed E-state index contributed by atoms with van der Waals surface area (Å²) >= 11 is 0. The van der Waals surface area contributed by atoms with Gasteiger partial charge in [-0.1, -0.05) is 297 Å². The Kier molecular flexibility index (Phi) is 16.5. The Balaban J connectivity index is 0.626. The molecular weight excluding hydrogens is 1750 g/mol. The fourth-order valence-electron chi connectivity index (χ4n) is 22.8. The molecule has 12 heterocycles. The summed E-state index contributed by atoms with van der Waals surface area (Å²) in [6.45, 7) is 0. The number of para-hydroxylation sites is 17. The smallest absolute Gasteiger partial charge is 0.241 e. The van der Waals surface area contributed by atoms with Crippen LogP contribution in [0.1, 0.15) is 0 Å². The van der Waals surface area contributed by atoms with Gasteiger partial charge in [-0.2, -0.15) is 9.97 Å². The van der Waals surface area contributed by atoms with Gasteiger partial charge in [0.05, 0.1) is 110 Å².